The van der Waals surface area contributed by atoms with Gasteiger partial charge in [0.15, 0.2) is 23.6 Å². The molecule has 0 bridgehead atoms. The van der Waals surface area contributed by atoms with Crippen LogP contribution in [0.5, 0.6) is 11.5 Å². The van der Waals surface area contributed by atoms with Crippen LogP contribution < -0.4 is 19.7 Å². The van der Waals surface area contributed by atoms with Crippen LogP contribution in [0.1, 0.15) is 5.56 Å². The zero-order valence-corrected chi connectivity index (χ0v) is 17.2. The summed E-state index contributed by atoms with van der Waals surface area (Å²) in [6.07, 6.45) is 0. The summed E-state index contributed by atoms with van der Waals surface area (Å²) in [5.41, 5.74) is 1.97. The molecule has 2 atom stereocenters. The van der Waals surface area contributed by atoms with Gasteiger partial charge in [-0.2, -0.15) is 5.11 Å². The van der Waals surface area contributed by atoms with E-state index in [1.54, 1.807) is 24.3 Å². The lowest BCUT2D eigenvalue weighted by molar-refractivity contribution is -0.123. The van der Waals surface area contributed by atoms with Crippen molar-refractivity contribution >= 4 is 29.1 Å². The van der Waals surface area contributed by atoms with Crippen molar-refractivity contribution in [1.29, 1.82) is 0 Å². The first-order valence-electron chi connectivity index (χ1n) is 9.56. The molecule has 0 spiro atoms. The zero-order chi connectivity index (χ0) is 22.1. The van der Waals surface area contributed by atoms with Crippen molar-refractivity contribution in [3.63, 3.8) is 0 Å². The molecule has 1 saturated heterocycles. The quantitative estimate of drug-likeness (QED) is 0.711. The maximum Gasteiger partial charge on any atom is 0.263 e. The maximum atomic E-state index is 13.1. The number of anilines is 2. The predicted molar refractivity (Wildman–Crippen MR) is 111 cm³/mol. The smallest absolute Gasteiger partial charge is 0.263 e. The third kappa shape index (κ3) is 3.67. The van der Waals surface area contributed by atoms with Crippen molar-refractivity contribution in [3.8, 4) is 11.5 Å². The summed E-state index contributed by atoms with van der Waals surface area (Å²) in [4.78, 5) is 39.5. The van der Waals surface area contributed by atoms with Crippen LogP contribution in [-0.2, 0) is 14.4 Å². The van der Waals surface area contributed by atoms with Crippen molar-refractivity contribution in [2.45, 2.75) is 19.0 Å². The van der Waals surface area contributed by atoms with Gasteiger partial charge in [-0.05, 0) is 36.8 Å². The topological polar surface area (TPSA) is 113 Å². The van der Waals surface area contributed by atoms with Gasteiger partial charge in [-0.1, -0.05) is 17.4 Å². The molecule has 1 N–H and O–H groups in total. The van der Waals surface area contributed by atoms with Crippen LogP contribution in [0.4, 0.5) is 11.4 Å². The van der Waals surface area contributed by atoms with E-state index in [-0.39, 0.29) is 12.5 Å². The lowest BCUT2D eigenvalue weighted by Gasteiger charge is -2.20. The molecule has 0 unspecified atom stereocenters. The van der Waals surface area contributed by atoms with E-state index in [1.165, 1.54) is 19.2 Å². The summed E-state index contributed by atoms with van der Waals surface area (Å²) < 4.78 is 10.5. The van der Waals surface area contributed by atoms with Crippen molar-refractivity contribution in [2.75, 3.05) is 31.0 Å². The first kappa shape index (κ1) is 20.3. The normalized spacial score (nSPS) is 19.6. The molecule has 10 nitrogen and oxygen atoms in total. The number of hydrogen-bond donors (Lipinski definition) is 1. The van der Waals surface area contributed by atoms with Gasteiger partial charge in [0, 0.05) is 11.8 Å². The van der Waals surface area contributed by atoms with E-state index >= 15 is 0 Å². The average Bonchev–Trinajstić information content (AvgIpc) is 3.27. The Morgan fingerprint density at radius 1 is 1.06 bits per heavy atom. The fourth-order valence-electron chi connectivity index (χ4n) is 3.64. The molecule has 4 rings (SSSR count). The highest BCUT2D eigenvalue weighted by molar-refractivity contribution is 6.25. The molecule has 0 radical (unpaired) electrons. The van der Waals surface area contributed by atoms with Gasteiger partial charge in [0.1, 0.15) is 6.54 Å². The Hall–Kier alpha value is -3.95. The van der Waals surface area contributed by atoms with E-state index in [2.05, 4.69) is 15.7 Å². The first-order valence-corrected chi connectivity index (χ1v) is 9.56. The van der Waals surface area contributed by atoms with Gasteiger partial charge in [-0.15, -0.1) is 0 Å². The molecule has 0 aromatic heterocycles. The molecule has 3 amide bonds. The van der Waals surface area contributed by atoms with Gasteiger partial charge in [-0.3, -0.25) is 19.4 Å². The number of fused-ring (bicyclic) bond motifs is 1. The Bertz CT molecular complexity index is 1090. The minimum Gasteiger partial charge on any atom is -0.493 e. The molecule has 31 heavy (non-hydrogen) atoms. The second-order valence-corrected chi connectivity index (χ2v) is 7.16. The van der Waals surface area contributed by atoms with Crippen LogP contribution in [0, 0.1) is 6.92 Å². The molecule has 0 aliphatic carbocycles. The van der Waals surface area contributed by atoms with Crippen LogP contribution >= 0.6 is 0 Å². The lowest BCUT2D eigenvalue weighted by Crippen LogP contribution is -2.43. The molecule has 2 aliphatic rings. The summed E-state index contributed by atoms with van der Waals surface area (Å²) in [5.74, 6) is -0.522. The molecule has 160 valence electrons. The SMILES string of the molecule is COc1ccc(N2C(=O)[C@@H]3N=NN(CC(=O)Nc4cccc(C)c4)[C@H]3C2=O)cc1OC. The minimum atomic E-state index is -0.993. The van der Waals surface area contributed by atoms with E-state index in [9.17, 15) is 14.4 Å². The highest BCUT2D eigenvalue weighted by Crippen LogP contribution is 2.36. The standard InChI is InChI=1S/C21H21N5O5/c1-12-5-4-6-13(9-12)22-17(27)11-25-19-18(23-24-25)20(28)26(21(19)29)14-7-8-15(30-2)16(10-14)31-3/h4-10,18-19H,11H2,1-3H3,(H,22,27)/t18-,19-/m1/s1. The number of hydrogen-bond acceptors (Lipinski definition) is 8. The van der Waals surface area contributed by atoms with E-state index in [4.69, 9.17) is 9.47 Å². The van der Waals surface area contributed by atoms with Crippen molar-refractivity contribution in [2.24, 2.45) is 10.3 Å². The van der Waals surface area contributed by atoms with Crippen LogP contribution in [0.2, 0.25) is 0 Å². The monoisotopic (exact) mass is 423 g/mol. The Kier molecular flexibility index (Phi) is 5.28. The number of nitrogens with zero attached hydrogens (tertiary/aromatic N) is 4. The average molecular weight is 423 g/mol. The molecule has 2 aromatic rings. The number of ether oxygens (including phenoxy) is 2. The zero-order valence-electron chi connectivity index (χ0n) is 17.2. The van der Waals surface area contributed by atoms with Crippen LogP contribution in [0.25, 0.3) is 0 Å². The van der Waals surface area contributed by atoms with Crippen LogP contribution in [-0.4, -0.2) is 55.6 Å². The molecule has 1 fully saturated rings. The van der Waals surface area contributed by atoms with E-state index in [0.717, 1.165) is 10.5 Å². The third-order valence-electron chi connectivity index (χ3n) is 5.09. The molecule has 2 aliphatic heterocycles. The maximum absolute atomic E-state index is 13.1. The number of amides is 3. The highest BCUT2D eigenvalue weighted by Gasteiger charge is 2.55. The Labute approximate surface area is 178 Å². The molecular formula is C21H21N5O5. The Balaban J connectivity index is 1.51. The van der Waals surface area contributed by atoms with Gasteiger partial charge in [0.25, 0.3) is 11.8 Å². The number of aryl methyl sites for hydroxylation is 1. The number of carbonyl (C=O) groups excluding carboxylic acids is 3. The third-order valence-corrected chi connectivity index (χ3v) is 5.09. The Morgan fingerprint density at radius 3 is 2.55 bits per heavy atom. The van der Waals surface area contributed by atoms with Crippen molar-refractivity contribution in [3.05, 3.63) is 48.0 Å². The summed E-state index contributed by atoms with van der Waals surface area (Å²) in [7, 11) is 2.96. The van der Waals surface area contributed by atoms with E-state index in [0.29, 0.717) is 22.9 Å². The number of methoxy groups -OCH3 is 2. The van der Waals surface area contributed by atoms with Gasteiger partial charge >= 0.3 is 0 Å². The second-order valence-electron chi connectivity index (χ2n) is 7.16. The second kappa shape index (κ2) is 8.05. The summed E-state index contributed by atoms with van der Waals surface area (Å²) in [6.45, 7) is 1.71. The molecule has 2 heterocycles. The molecule has 2 aromatic carbocycles. The lowest BCUT2D eigenvalue weighted by atomic mass is 10.1. The number of nitrogens with one attached hydrogen (secondary N) is 1. The van der Waals surface area contributed by atoms with Crippen molar-refractivity contribution in [1.82, 2.24) is 5.01 Å². The molecular weight excluding hydrogens is 402 g/mol. The van der Waals surface area contributed by atoms with Gasteiger partial charge in [-0.25, -0.2) is 4.90 Å². The van der Waals surface area contributed by atoms with Crippen molar-refractivity contribution < 1.29 is 23.9 Å². The molecule has 10 heteroatoms. The fraction of sp³-hybridized carbons (Fsp3) is 0.286. The highest BCUT2D eigenvalue weighted by atomic mass is 16.5. The van der Waals surface area contributed by atoms with Gasteiger partial charge in [0.2, 0.25) is 5.91 Å². The largest absolute Gasteiger partial charge is 0.493 e. The number of imide groups is 1. The minimum absolute atomic E-state index is 0.211. The summed E-state index contributed by atoms with van der Waals surface area (Å²) >= 11 is 0. The van der Waals surface area contributed by atoms with Gasteiger partial charge in [0.05, 0.1) is 19.9 Å². The van der Waals surface area contributed by atoms with E-state index < -0.39 is 23.9 Å². The molecule has 0 saturated carbocycles. The van der Waals surface area contributed by atoms with Crippen LogP contribution in [0.3, 0.4) is 0 Å². The Morgan fingerprint density at radius 2 is 1.84 bits per heavy atom. The first-order chi connectivity index (χ1) is 14.9. The summed E-state index contributed by atoms with van der Waals surface area (Å²) in [6, 6.07) is 10.1. The number of rotatable bonds is 6. The van der Waals surface area contributed by atoms with Crippen LogP contribution in [0.15, 0.2) is 52.8 Å². The fourth-order valence-corrected chi connectivity index (χ4v) is 3.64. The number of carbonyl (C=O) groups is 3. The predicted octanol–water partition coefficient (Wildman–Crippen LogP) is 1.94. The summed E-state index contributed by atoms with van der Waals surface area (Å²) in [5, 5.41) is 11.8. The van der Waals surface area contributed by atoms with E-state index in [1.807, 2.05) is 25.1 Å². The van der Waals surface area contributed by atoms with Gasteiger partial charge < -0.3 is 14.8 Å². The number of benzene rings is 2.